The van der Waals surface area contributed by atoms with Crippen LogP contribution in [0.1, 0.15) is 24.0 Å². The van der Waals surface area contributed by atoms with Crippen molar-refractivity contribution in [2.24, 2.45) is 0 Å². The van der Waals surface area contributed by atoms with Crippen molar-refractivity contribution in [3.05, 3.63) is 33.8 Å². The van der Waals surface area contributed by atoms with Gasteiger partial charge >= 0.3 is 0 Å². The second-order valence-corrected chi connectivity index (χ2v) is 6.15. The Morgan fingerprint density at radius 2 is 2.05 bits per heavy atom. The number of rotatable bonds is 2. The van der Waals surface area contributed by atoms with Crippen LogP contribution in [0.25, 0.3) is 5.69 Å². The number of nitrogen functional groups attached to an aromatic ring is 1. The van der Waals surface area contributed by atoms with E-state index in [1.165, 1.54) is 0 Å². The minimum Gasteiger partial charge on any atom is -0.382 e. The molecule has 1 aromatic heterocycles. The van der Waals surface area contributed by atoms with Crippen molar-refractivity contribution < 1.29 is 0 Å². The number of nitrogens with zero attached hydrogens (tertiary/aromatic N) is 4. The minimum absolute atomic E-state index is 0.407. The first-order valence-electron chi connectivity index (χ1n) is 6.92. The van der Waals surface area contributed by atoms with Crippen molar-refractivity contribution in [2.75, 3.05) is 23.7 Å². The lowest BCUT2D eigenvalue weighted by Crippen LogP contribution is -2.19. The first-order valence-corrected chi connectivity index (χ1v) is 7.71. The zero-order valence-electron chi connectivity index (χ0n) is 11.8. The van der Waals surface area contributed by atoms with Crippen LogP contribution in [0.2, 0.25) is 0 Å². The maximum absolute atomic E-state index is 9.42. The van der Waals surface area contributed by atoms with Gasteiger partial charge in [-0.1, -0.05) is 15.9 Å². The quantitative estimate of drug-likeness (QED) is 0.908. The lowest BCUT2D eigenvalue weighted by atomic mass is 10.2. The molecule has 0 amide bonds. The van der Waals surface area contributed by atoms with Crippen LogP contribution in [-0.4, -0.2) is 22.9 Å². The Morgan fingerprint density at radius 1 is 1.33 bits per heavy atom. The molecule has 2 N–H and O–H groups in total. The maximum atomic E-state index is 9.42. The molecule has 2 aromatic rings. The molecule has 0 spiro atoms. The Balaban J connectivity index is 2.13. The second-order valence-electron chi connectivity index (χ2n) is 5.23. The lowest BCUT2D eigenvalue weighted by molar-refractivity contribution is 0.845. The molecule has 0 atom stereocenters. The molecule has 5 nitrogen and oxygen atoms in total. The molecule has 21 heavy (non-hydrogen) atoms. The van der Waals surface area contributed by atoms with Gasteiger partial charge in [-0.25, -0.2) is 4.68 Å². The molecule has 3 rings (SSSR count). The summed E-state index contributed by atoms with van der Waals surface area (Å²) in [5.74, 6) is 1.11. The van der Waals surface area contributed by atoms with Crippen molar-refractivity contribution in [2.45, 2.75) is 19.8 Å². The van der Waals surface area contributed by atoms with E-state index in [-0.39, 0.29) is 0 Å². The average Bonchev–Trinajstić information content (AvgIpc) is 3.07. The molecule has 1 aromatic carbocycles. The summed E-state index contributed by atoms with van der Waals surface area (Å²) >= 11 is 3.45. The van der Waals surface area contributed by atoms with Crippen molar-refractivity contribution in [3.8, 4) is 11.8 Å². The summed E-state index contributed by atoms with van der Waals surface area (Å²) in [6.07, 6.45) is 2.27. The molecule has 0 unspecified atom stereocenters. The summed E-state index contributed by atoms with van der Waals surface area (Å²) in [5, 5.41) is 14.0. The Morgan fingerprint density at radius 3 is 2.67 bits per heavy atom. The lowest BCUT2D eigenvalue weighted by Gasteiger charge is -2.13. The number of nitrogens with two attached hydrogens (primary N) is 1. The van der Waals surface area contributed by atoms with Gasteiger partial charge in [-0.05, 0) is 43.5 Å². The number of halogens is 1. The van der Waals surface area contributed by atoms with Crippen molar-refractivity contribution in [1.82, 2.24) is 9.78 Å². The van der Waals surface area contributed by atoms with Crippen molar-refractivity contribution in [3.63, 3.8) is 0 Å². The largest absolute Gasteiger partial charge is 0.382 e. The highest BCUT2D eigenvalue weighted by Crippen LogP contribution is 2.30. The monoisotopic (exact) mass is 345 g/mol. The molecule has 0 radical (unpaired) electrons. The second kappa shape index (κ2) is 5.41. The van der Waals surface area contributed by atoms with E-state index in [0.717, 1.165) is 41.7 Å². The van der Waals surface area contributed by atoms with E-state index >= 15 is 0 Å². The van der Waals surface area contributed by atoms with E-state index in [9.17, 15) is 5.26 Å². The number of anilines is 2. The Labute approximate surface area is 132 Å². The highest BCUT2D eigenvalue weighted by Gasteiger charge is 2.24. The minimum atomic E-state index is 0.407. The normalized spacial score (nSPS) is 14.4. The third-order valence-corrected chi connectivity index (χ3v) is 4.30. The van der Waals surface area contributed by atoms with Crippen LogP contribution in [0.15, 0.2) is 22.7 Å². The summed E-state index contributed by atoms with van der Waals surface area (Å²) in [6, 6.07) is 8.12. The number of nitriles is 1. The molecule has 0 aliphatic carbocycles. The van der Waals surface area contributed by atoms with Gasteiger partial charge < -0.3 is 10.6 Å². The van der Waals surface area contributed by atoms with E-state index in [1.807, 2.05) is 25.1 Å². The number of aromatic nitrogens is 2. The highest BCUT2D eigenvalue weighted by molar-refractivity contribution is 9.10. The Bertz CT molecular complexity index is 722. The van der Waals surface area contributed by atoms with E-state index in [4.69, 9.17) is 5.73 Å². The molecular weight excluding hydrogens is 330 g/mol. The smallest absolute Gasteiger partial charge is 0.171 e. The van der Waals surface area contributed by atoms with Crippen LogP contribution in [-0.2, 0) is 0 Å². The summed E-state index contributed by atoms with van der Waals surface area (Å²) in [4.78, 5) is 2.14. The zero-order valence-corrected chi connectivity index (χ0v) is 13.4. The van der Waals surface area contributed by atoms with Gasteiger partial charge in [-0.3, -0.25) is 0 Å². The van der Waals surface area contributed by atoms with Crippen LogP contribution < -0.4 is 10.6 Å². The summed E-state index contributed by atoms with van der Waals surface area (Å²) < 4.78 is 2.68. The molecule has 1 aliphatic rings. The van der Waals surface area contributed by atoms with Crippen molar-refractivity contribution in [1.29, 1.82) is 5.26 Å². The zero-order chi connectivity index (χ0) is 15.0. The molecular formula is C15H16BrN5. The molecule has 1 aliphatic heterocycles. The summed E-state index contributed by atoms with van der Waals surface area (Å²) in [7, 11) is 0. The number of hydrogen-bond donors (Lipinski definition) is 1. The van der Waals surface area contributed by atoms with Gasteiger partial charge in [0.1, 0.15) is 17.5 Å². The predicted octanol–water partition coefficient (Wildman–Crippen LogP) is 3.00. The Hall–Kier alpha value is -2.00. The van der Waals surface area contributed by atoms with Crippen LogP contribution in [0.3, 0.4) is 0 Å². The van der Waals surface area contributed by atoms with Gasteiger partial charge in [0.05, 0.1) is 5.69 Å². The maximum Gasteiger partial charge on any atom is 0.171 e. The highest BCUT2D eigenvalue weighted by atomic mass is 79.9. The standard InChI is InChI=1S/C15H16BrN5/c1-10-8-11(16)4-5-13(10)21-14(18)12(9-17)15(19-21)20-6-2-3-7-20/h4-5,8H,2-3,6-7,18H2,1H3. The van der Waals surface area contributed by atoms with Crippen LogP contribution >= 0.6 is 15.9 Å². The van der Waals surface area contributed by atoms with Gasteiger partial charge in [0.2, 0.25) is 0 Å². The fourth-order valence-corrected chi connectivity index (χ4v) is 3.19. The third-order valence-electron chi connectivity index (χ3n) is 3.81. The van der Waals surface area contributed by atoms with Crippen molar-refractivity contribution >= 4 is 27.6 Å². The molecule has 6 heteroatoms. The third kappa shape index (κ3) is 2.38. The fourth-order valence-electron chi connectivity index (χ4n) is 2.72. The molecule has 1 saturated heterocycles. The van der Waals surface area contributed by atoms with Gasteiger partial charge in [-0.2, -0.15) is 5.26 Å². The number of aryl methyl sites for hydroxylation is 1. The van der Waals surface area contributed by atoms with Gasteiger partial charge in [0.25, 0.3) is 0 Å². The average molecular weight is 346 g/mol. The van der Waals surface area contributed by atoms with E-state index < -0.39 is 0 Å². The Kier molecular flexibility index (Phi) is 3.60. The van der Waals surface area contributed by atoms with E-state index in [0.29, 0.717) is 17.2 Å². The molecule has 0 saturated carbocycles. The first-order chi connectivity index (χ1) is 10.1. The van der Waals surface area contributed by atoms with E-state index in [1.54, 1.807) is 4.68 Å². The number of hydrogen-bond acceptors (Lipinski definition) is 4. The van der Waals surface area contributed by atoms with Gasteiger partial charge in [-0.15, -0.1) is 5.10 Å². The molecule has 2 heterocycles. The van der Waals surface area contributed by atoms with Gasteiger partial charge in [0, 0.05) is 17.6 Å². The fraction of sp³-hybridized carbons (Fsp3) is 0.333. The number of benzene rings is 1. The van der Waals surface area contributed by atoms with E-state index in [2.05, 4.69) is 32.0 Å². The SMILES string of the molecule is Cc1cc(Br)ccc1-n1nc(N2CCCC2)c(C#N)c1N. The molecule has 0 bridgehead atoms. The topological polar surface area (TPSA) is 70.9 Å². The summed E-state index contributed by atoms with van der Waals surface area (Å²) in [6.45, 7) is 3.87. The first kappa shape index (κ1) is 14.0. The molecule has 108 valence electrons. The van der Waals surface area contributed by atoms with Crippen LogP contribution in [0, 0.1) is 18.3 Å². The van der Waals surface area contributed by atoms with Crippen LogP contribution in [0.4, 0.5) is 11.6 Å². The predicted molar refractivity (Wildman–Crippen MR) is 86.6 cm³/mol. The van der Waals surface area contributed by atoms with Crippen LogP contribution in [0.5, 0.6) is 0 Å². The molecule has 1 fully saturated rings. The summed E-state index contributed by atoms with van der Waals surface area (Å²) in [5.41, 5.74) is 8.58. The van der Waals surface area contributed by atoms with Gasteiger partial charge in [0.15, 0.2) is 5.82 Å².